The van der Waals surface area contributed by atoms with Crippen molar-refractivity contribution in [2.45, 2.75) is 0 Å². The molecule has 0 saturated carbocycles. The molecule has 5 heteroatoms. The summed E-state index contributed by atoms with van der Waals surface area (Å²) in [6.07, 6.45) is 1.44. The highest BCUT2D eigenvalue weighted by Gasteiger charge is 2.14. The number of rotatable bonds is 4. The maximum atomic E-state index is 11.2. The standard InChI is InChI=1S/C16H12N2O3/c1-21-16-8-7-12(9-14(16)11-17)10-15(18(19)20)13-5-3-2-4-6-13/h2-10H,1H3. The SMILES string of the molecule is COc1ccc(C=C(c2ccccc2)[N+](=O)[O-])cc1C#N. The molecule has 104 valence electrons. The number of ether oxygens (including phenoxy) is 1. The molecule has 0 aliphatic carbocycles. The van der Waals surface area contributed by atoms with Crippen LogP contribution in [0, 0.1) is 21.4 Å². The first-order chi connectivity index (χ1) is 10.2. The second-order valence-electron chi connectivity index (χ2n) is 4.22. The zero-order chi connectivity index (χ0) is 15.2. The summed E-state index contributed by atoms with van der Waals surface area (Å²) in [7, 11) is 1.47. The Morgan fingerprint density at radius 3 is 2.57 bits per heavy atom. The Morgan fingerprint density at radius 1 is 1.29 bits per heavy atom. The largest absolute Gasteiger partial charge is 0.495 e. The molecule has 0 aliphatic rings. The zero-order valence-corrected chi connectivity index (χ0v) is 11.3. The Labute approximate surface area is 121 Å². The Morgan fingerprint density at radius 2 is 2.00 bits per heavy atom. The molecule has 0 bridgehead atoms. The van der Waals surface area contributed by atoms with Gasteiger partial charge in [0.05, 0.1) is 23.2 Å². The molecule has 0 atom stereocenters. The van der Waals surface area contributed by atoms with Gasteiger partial charge in [0, 0.05) is 6.08 Å². The Hall–Kier alpha value is -3.13. The van der Waals surface area contributed by atoms with Gasteiger partial charge in [0.25, 0.3) is 5.70 Å². The number of nitro groups is 1. The summed E-state index contributed by atoms with van der Waals surface area (Å²) in [5.41, 5.74) is 1.39. The molecular formula is C16H12N2O3. The van der Waals surface area contributed by atoms with Gasteiger partial charge < -0.3 is 4.74 Å². The van der Waals surface area contributed by atoms with Crippen molar-refractivity contribution in [1.29, 1.82) is 5.26 Å². The Balaban J connectivity index is 2.50. The van der Waals surface area contributed by atoms with Crippen LogP contribution in [0.2, 0.25) is 0 Å². The fraction of sp³-hybridized carbons (Fsp3) is 0.0625. The molecule has 2 aromatic rings. The smallest absolute Gasteiger partial charge is 0.277 e. The summed E-state index contributed by atoms with van der Waals surface area (Å²) in [5.74, 6) is 0.442. The minimum atomic E-state index is -0.439. The van der Waals surface area contributed by atoms with E-state index in [2.05, 4.69) is 0 Å². The lowest BCUT2D eigenvalue weighted by atomic mass is 10.1. The van der Waals surface area contributed by atoms with Crippen molar-refractivity contribution >= 4 is 11.8 Å². The van der Waals surface area contributed by atoms with Crippen LogP contribution in [0.1, 0.15) is 16.7 Å². The molecule has 0 amide bonds. The van der Waals surface area contributed by atoms with Crippen molar-refractivity contribution in [3.05, 3.63) is 75.3 Å². The molecule has 2 rings (SSSR count). The van der Waals surface area contributed by atoms with Crippen molar-refractivity contribution < 1.29 is 9.66 Å². The van der Waals surface area contributed by atoms with Crippen LogP contribution in [0.25, 0.3) is 11.8 Å². The lowest BCUT2D eigenvalue weighted by molar-refractivity contribution is -0.374. The van der Waals surface area contributed by atoms with E-state index < -0.39 is 4.92 Å². The van der Waals surface area contributed by atoms with Gasteiger partial charge in [-0.1, -0.05) is 24.3 Å². The van der Waals surface area contributed by atoms with Crippen LogP contribution in [0.4, 0.5) is 0 Å². The summed E-state index contributed by atoms with van der Waals surface area (Å²) in [5, 5.41) is 20.3. The lowest BCUT2D eigenvalue weighted by Crippen LogP contribution is -1.98. The minimum Gasteiger partial charge on any atom is -0.495 e. The summed E-state index contributed by atoms with van der Waals surface area (Å²) in [6.45, 7) is 0. The summed E-state index contributed by atoms with van der Waals surface area (Å²) in [6, 6.07) is 15.5. The molecule has 2 aromatic carbocycles. The topological polar surface area (TPSA) is 76.2 Å². The van der Waals surface area contributed by atoms with Crippen LogP contribution < -0.4 is 4.74 Å². The molecule has 0 N–H and O–H groups in total. The van der Waals surface area contributed by atoms with Gasteiger partial charge in [-0.2, -0.15) is 5.26 Å². The Kier molecular flexibility index (Phi) is 4.32. The van der Waals surface area contributed by atoms with Crippen LogP contribution in [0.15, 0.2) is 48.5 Å². The number of benzene rings is 2. The first-order valence-corrected chi connectivity index (χ1v) is 6.15. The van der Waals surface area contributed by atoms with E-state index in [-0.39, 0.29) is 5.70 Å². The van der Waals surface area contributed by atoms with Crippen molar-refractivity contribution in [3.63, 3.8) is 0 Å². The van der Waals surface area contributed by atoms with Crippen LogP contribution in [-0.2, 0) is 0 Å². The van der Waals surface area contributed by atoms with Crippen molar-refractivity contribution in [2.75, 3.05) is 7.11 Å². The first-order valence-electron chi connectivity index (χ1n) is 6.15. The average Bonchev–Trinajstić information content (AvgIpc) is 2.52. The first kappa shape index (κ1) is 14.3. The quantitative estimate of drug-likeness (QED) is 0.489. The highest BCUT2D eigenvalue weighted by atomic mass is 16.6. The van der Waals surface area contributed by atoms with E-state index in [0.29, 0.717) is 22.4 Å². The molecule has 21 heavy (non-hydrogen) atoms. The predicted octanol–water partition coefficient (Wildman–Crippen LogP) is 3.34. The predicted molar refractivity (Wildman–Crippen MR) is 79.0 cm³/mol. The highest BCUT2D eigenvalue weighted by Crippen LogP contribution is 2.23. The maximum Gasteiger partial charge on any atom is 0.277 e. The van der Waals surface area contributed by atoms with Crippen molar-refractivity contribution in [1.82, 2.24) is 0 Å². The average molecular weight is 280 g/mol. The number of methoxy groups -OCH3 is 1. The van der Waals surface area contributed by atoms with E-state index in [9.17, 15) is 10.1 Å². The van der Waals surface area contributed by atoms with E-state index in [4.69, 9.17) is 10.00 Å². The number of hydrogen-bond donors (Lipinski definition) is 0. The molecule has 0 aromatic heterocycles. The van der Waals surface area contributed by atoms with Gasteiger partial charge >= 0.3 is 0 Å². The third-order valence-electron chi connectivity index (χ3n) is 2.91. The highest BCUT2D eigenvalue weighted by molar-refractivity contribution is 5.77. The van der Waals surface area contributed by atoms with Crippen molar-refractivity contribution in [3.8, 4) is 11.8 Å². The molecule has 5 nitrogen and oxygen atoms in total. The summed E-state index contributed by atoms with van der Waals surface area (Å²) in [4.78, 5) is 10.8. The molecule has 0 unspecified atom stereocenters. The monoisotopic (exact) mass is 280 g/mol. The van der Waals surface area contributed by atoms with E-state index in [1.165, 1.54) is 13.2 Å². The normalized spacial score (nSPS) is 10.8. The van der Waals surface area contributed by atoms with Crippen LogP contribution >= 0.6 is 0 Å². The fourth-order valence-corrected chi connectivity index (χ4v) is 1.91. The molecule has 0 aliphatic heterocycles. The second kappa shape index (κ2) is 6.35. The number of hydrogen-bond acceptors (Lipinski definition) is 4. The number of nitrogens with zero attached hydrogens (tertiary/aromatic N) is 2. The van der Waals surface area contributed by atoms with Gasteiger partial charge in [0.15, 0.2) is 0 Å². The number of nitriles is 1. The molecule has 0 saturated heterocycles. The molecule has 0 fully saturated rings. The summed E-state index contributed by atoms with van der Waals surface area (Å²) >= 11 is 0. The van der Waals surface area contributed by atoms with E-state index in [1.54, 1.807) is 48.5 Å². The van der Waals surface area contributed by atoms with Gasteiger partial charge in [0.2, 0.25) is 0 Å². The second-order valence-corrected chi connectivity index (χ2v) is 4.22. The van der Waals surface area contributed by atoms with E-state index in [0.717, 1.165) is 0 Å². The van der Waals surface area contributed by atoms with Gasteiger partial charge in [-0.3, -0.25) is 10.1 Å². The third-order valence-corrected chi connectivity index (χ3v) is 2.91. The van der Waals surface area contributed by atoms with Crippen molar-refractivity contribution in [2.24, 2.45) is 0 Å². The zero-order valence-electron chi connectivity index (χ0n) is 11.3. The van der Waals surface area contributed by atoms with Crippen LogP contribution in [0.3, 0.4) is 0 Å². The van der Waals surface area contributed by atoms with E-state index >= 15 is 0 Å². The van der Waals surface area contributed by atoms with E-state index in [1.807, 2.05) is 6.07 Å². The molecule has 0 radical (unpaired) electrons. The lowest BCUT2D eigenvalue weighted by Gasteiger charge is -2.03. The molecule has 0 heterocycles. The van der Waals surface area contributed by atoms with Gasteiger partial charge in [-0.15, -0.1) is 0 Å². The molecule has 0 spiro atoms. The third kappa shape index (κ3) is 3.25. The van der Waals surface area contributed by atoms with Gasteiger partial charge in [-0.25, -0.2) is 0 Å². The summed E-state index contributed by atoms with van der Waals surface area (Å²) < 4.78 is 5.05. The maximum absolute atomic E-state index is 11.2. The Bertz CT molecular complexity index is 731. The van der Waals surface area contributed by atoms with Crippen LogP contribution in [0.5, 0.6) is 5.75 Å². The van der Waals surface area contributed by atoms with Gasteiger partial charge in [0.1, 0.15) is 11.8 Å². The fourth-order valence-electron chi connectivity index (χ4n) is 1.91. The minimum absolute atomic E-state index is 0.0235. The molecular weight excluding hydrogens is 268 g/mol. The van der Waals surface area contributed by atoms with Crippen LogP contribution in [-0.4, -0.2) is 12.0 Å². The van der Waals surface area contributed by atoms with Gasteiger partial charge in [-0.05, 0) is 29.8 Å².